The van der Waals surface area contributed by atoms with Crippen LogP contribution < -0.4 is 10.6 Å². The standard InChI is InChI=1S/C21H19N5O3/c1-28-9-10-29-14-7-8-15-18(11-14)24-20-16(21(27)25-26-22)12-17(23-19(15)20)13-5-3-2-4-6-13/h2-8,11-12,24H,9-10H2,1H3,(H2,22,25,27). The summed E-state index contributed by atoms with van der Waals surface area (Å²) in [5.41, 5.74) is 3.94. The Kier molecular flexibility index (Phi) is 5.17. The van der Waals surface area contributed by atoms with Gasteiger partial charge in [0.1, 0.15) is 12.4 Å². The highest BCUT2D eigenvalue weighted by molar-refractivity contribution is 6.14. The second-order valence-electron chi connectivity index (χ2n) is 6.34. The topological polar surface area (TPSA) is 115 Å². The van der Waals surface area contributed by atoms with E-state index in [1.807, 2.05) is 48.5 Å². The average molecular weight is 389 g/mol. The van der Waals surface area contributed by atoms with Gasteiger partial charge in [-0.1, -0.05) is 40.7 Å². The van der Waals surface area contributed by atoms with Gasteiger partial charge in [0.2, 0.25) is 0 Å². The Bertz CT molecular complexity index is 1200. The van der Waals surface area contributed by atoms with Gasteiger partial charge in [0, 0.05) is 24.1 Å². The molecule has 0 aliphatic carbocycles. The van der Waals surface area contributed by atoms with Crippen LogP contribution in [-0.4, -0.2) is 36.2 Å². The quantitative estimate of drug-likeness (QED) is 0.225. The van der Waals surface area contributed by atoms with E-state index in [2.05, 4.69) is 15.3 Å². The van der Waals surface area contributed by atoms with Crippen LogP contribution in [0.2, 0.25) is 0 Å². The minimum atomic E-state index is -0.541. The molecule has 0 aliphatic heterocycles. The highest BCUT2D eigenvalue weighted by atomic mass is 16.5. The molecule has 0 atom stereocenters. The number of pyridine rings is 1. The summed E-state index contributed by atoms with van der Waals surface area (Å²) in [7, 11) is 1.62. The zero-order valence-electron chi connectivity index (χ0n) is 15.8. The summed E-state index contributed by atoms with van der Waals surface area (Å²) in [5, 5.41) is 7.51. The molecular weight excluding hydrogens is 370 g/mol. The van der Waals surface area contributed by atoms with Gasteiger partial charge in [0.05, 0.1) is 34.4 Å². The summed E-state index contributed by atoms with van der Waals surface area (Å²) in [5.74, 6) is 5.25. The minimum Gasteiger partial charge on any atom is -0.491 e. The van der Waals surface area contributed by atoms with Crippen molar-refractivity contribution in [3.63, 3.8) is 0 Å². The third kappa shape index (κ3) is 3.65. The van der Waals surface area contributed by atoms with Gasteiger partial charge in [-0.15, -0.1) is 0 Å². The zero-order valence-corrected chi connectivity index (χ0v) is 15.8. The summed E-state index contributed by atoms with van der Waals surface area (Å²) in [4.78, 5) is 20.6. The van der Waals surface area contributed by atoms with Crippen molar-refractivity contribution >= 4 is 27.8 Å². The molecular formula is C21H19N5O3. The van der Waals surface area contributed by atoms with E-state index in [9.17, 15) is 4.79 Å². The monoisotopic (exact) mass is 389 g/mol. The average Bonchev–Trinajstić information content (AvgIpc) is 3.12. The number of ether oxygens (including phenoxy) is 2. The van der Waals surface area contributed by atoms with Crippen molar-refractivity contribution in [1.82, 2.24) is 9.97 Å². The molecule has 146 valence electrons. The van der Waals surface area contributed by atoms with Crippen LogP contribution in [0.25, 0.3) is 33.2 Å². The van der Waals surface area contributed by atoms with Crippen LogP contribution in [0.15, 0.2) is 64.9 Å². The number of nitrogens with zero attached hydrogens (tertiary/aromatic N) is 3. The molecule has 2 aromatic carbocycles. The molecule has 0 spiro atoms. The fraction of sp³-hybridized carbons (Fsp3) is 0.143. The first kappa shape index (κ1) is 18.6. The van der Waals surface area contributed by atoms with E-state index in [1.54, 1.807) is 13.2 Å². The van der Waals surface area contributed by atoms with Crippen molar-refractivity contribution in [2.75, 3.05) is 20.3 Å². The van der Waals surface area contributed by atoms with Crippen molar-refractivity contribution in [2.45, 2.75) is 0 Å². The van der Waals surface area contributed by atoms with Crippen molar-refractivity contribution in [3.05, 3.63) is 60.2 Å². The van der Waals surface area contributed by atoms with Gasteiger partial charge >= 0.3 is 0 Å². The van der Waals surface area contributed by atoms with Crippen LogP contribution >= 0.6 is 0 Å². The van der Waals surface area contributed by atoms with Gasteiger partial charge in [-0.05, 0) is 18.2 Å². The van der Waals surface area contributed by atoms with Crippen LogP contribution in [-0.2, 0) is 4.74 Å². The van der Waals surface area contributed by atoms with Gasteiger partial charge < -0.3 is 20.3 Å². The molecule has 0 bridgehead atoms. The molecule has 2 heterocycles. The fourth-order valence-electron chi connectivity index (χ4n) is 3.20. The predicted octanol–water partition coefficient (Wildman–Crippen LogP) is 3.87. The maximum atomic E-state index is 12.5. The number of methoxy groups -OCH3 is 1. The van der Waals surface area contributed by atoms with Crippen LogP contribution in [0.5, 0.6) is 5.75 Å². The van der Waals surface area contributed by atoms with Gasteiger partial charge in [-0.25, -0.2) is 4.98 Å². The van der Waals surface area contributed by atoms with Gasteiger partial charge in [-0.3, -0.25) is 4.79 Å². The third-order valence-corrected chi connectivity index (χ3v) is 4.53. The number of H-pyrrole nitrogens is 1. The molecule has 0 fully saturated rings. The number of fused-ring (bicyclic) bond motifs is 3. The third-order valence-electron chi connectivity index (χ3n) is 4.53. The van der Waals surface area contributed by atoms with Crippen LogP contribution in [0.1, 0.15) is 10.4 Å². The molecule has 8 heteroatoms. The molecule has 3 N–H and O–H groups in total. The number of hydrogen-bond acceptors (Lipinski definition) is 5. The van der Waals surface area contributed by atoms with E-state index < -0.39 is 5.91 Å². The maximum Gasteiger partial charge on any atom is 0.299 e. The molecule has 8 nitrogen and oxygen atoms in total. The number of hydrogen-bond donors (Lipinski definition) is 2. The highest BCUT2D eigenvalue weighted by Gasteiger charge is 2.18. The molecule has 0 saturated heterocycles. The molecule has 0 radical (unpaired) electrons. The summed E-state index contributed by atoms with van der Waals surface area (Å²) in [6, 6.07) is 17.0. The lowest BCUT2D eigenvalue weighted by Crippen LogP contribution is -2.03. The molecule has 4 aromatic rings. The van der Waals surface area contributed by atoms with E-state index in [1.165, 1.54) is 0 Å². The second kappa shape index (κ2) is 8.07. The number of carbonyl (C=O) groups excluding carboxylic acids is 1. The number of benzene rings is 2. The Morgan fingerprint density at radius 3 is 2.72 bits per heavy atom. The van der Waals surface area contributed by atoms with E-state index >= 15 is 0 Å². The van der Waals surface area contributed by atoms with Gasteiger partial charge in [-0.2, -0.15) is 0 Å². The van der Waals surface area contributed by atoms with E-state index in [4.69, 9.17) is 20.3 Å². The second-order valence-corrected chi connectivity index (χ2v) is 6.34. The predicted molar refractivity (Wildman–Crippen MR) is 110 cm³/mol. The SMILES string of the molecule is COCCOc1ccc2c(c1)[nH]c1c(C(=O)N=NN)cc(-c3ccccc3)nc12. The number of aromatic nitrogens is 2. The van der Waals surface area contributed by atoms with E-state index in [0.717, 1.165) is 16.5 Å². The van der Waals surface area contributed by atoms with E-state index in [-0.39, 0.29) is 0 Å². The first-order valence-corrected chi connectivity index (χ1v) is 9.00. The van der Waals surface area contributed by atoms with Crippen molar-refractivity contribution in [1.29, 1.82) is 0 Å². The number of carbonyl (C=O) groups is 1. The number of nitrogens with one attached hydrogen (secondary N) is 1. The maximum absolute atomic E-state index is 12.5. The Morgan fingerprint density at radius 1 is 1.14 bits per heavy atom. The first-order chi connectivity index (χ1) is 14.2. The summed E-state index contributed by atoms with van der Waals surface area (Å²) < 4.78 is 10.7. The van der Waals surface area contributed by atoms with Crippen molar-refractivity contribution in [3.8, 4) is 17.0 Å². The van der Waals surface area contributed by atoms with Crippen molar-refractivity contribution < 1.29 is 14.3 Å². The van der Waals surface area contributed by atoms with Crippen LogP contribution in [0.3, 0.4) is 0 Å². The molecule has 0 saturated carbocycles. The van der Waals surface area contributed by atoms with Gasteiger partial charge in [0.25, 0.3) is 5.91 Å². The molecule has 0 unspecified atom stereocenters. The highest BCUT2D eigenvalue weighted by Crippen LogP contribution is 2.32. The fourth-order valence-corrected chi connectivity index (χ4v) is 3.20. The molecule has 0 aliphatic rings. The van der Waals surface area contributed by atoms with E-state index in [0.29, 0.717) is 41.3 Å². The summed E-state index contributed by atoms with van der Waals surface area (Å²) >= 11 is 0. The largest absolute Gasteiger partial charge is 0.491 e. The normalized spacial score (nSPS) is 11.5. The first-order valence-electron chi connectivity index (χ1n) is 9.00. The van der Waals surface area contributed by atoms with Crippen molar-refractivity contribution in [2.24, 2.45) is 16.2 Å². The number of amides is 1. The number of nitrogens with two attached hydrogens (primary N) is 1. The Labute approximate surface area is 166 Å². The Hall–Kier alpha value is -3.78. The van der Waals surface area contributed by atoms with Gasteiger partial charge in [0.15, 0.2) is 0 Å². The molecule has 1 amide bonds. The Balaban J connectivity index is 1.90. The number of aromatic amines is 1. The summed E-state index contributed by atoms with van der Waals surface area (Å²) in [6.07, 6.45) is 0. The van der Waals surface area contributed by atoms with Crippen LogP contribution in [0, 0.1) is 0 Å². The lowest BCUT2D eigenvalue weighted by Gasteiger charge is -2.05. The zero-order chi connectivity index (χ0) is 20.2. The lowest BCUT2D eigenvalue weighted by molar-refractivity contribution is 0.0995. The summed E-state index contributed by atoms with van der Waals surface area (Å²) in [6.45, 7) is 0.939. The smallest absolute Gasteiger partial charge is 0.299 e. The number of rotatable bonds is 6. The lowest BCUT2D eigenvalue weighted by atomic mass is 10.1. The minimum absolute atomic E-state index is 0.348. The van der Waals surface area contributed by atoms with Crippen LogP contribution in [0.4, 0.5) is 0 Å². The Morgan fingerprint density at radius 2 is 1.97 bits per heavy atom. The molecule has 4 rings (SSSR count). The molecule has 29 heavy (non-hydrogen) atoms. The molecule has 2 aromatic heterocycles.